The molecule has 0 fully saturated rings. The predicted molar refractivity (Wildman–Crippen MR) is 81.6 cm³/mol. The molecule has 0 amide bonds. The summed E-state index contributed by atoms with van der Waals surface area (Å²) >= 11 is 0. The summed E-state index contributed by atoms with van der Waals surface area (Å²) in [5, 5.41) is 9.04. The molecule has 0 saturated heterocycles. The van der Waals surface area contributed by atoms with Crippen LogP contribution in [0, 0.1) is 0 Å². The zero-order chi connectivity index (χ0) is 15.4. The van der Waals surface area contributed by atoms with Crippen molar-refractivity contribution in [2.24, 2.45) is 0 Å². The average molecular weight is 347 g/mol. The molecule has 0 aliphatic heterocycles. The predicted octanol–water partition coefficient (Wildman–Crippen LogP) is 0.596. The van der Waals surface area contributed by atoms with Crippen molar-refractivity contribution in [2.75, 3.05) is 0 Å². The normalized spacial score (nSPS) is 14.5. The van der Waals surface area contributed by atoms with Gasteiger partial charge in [-0.05, 0) is 32.1 Å². The first-order valence-corrected chi connectivity index (χ1v) is 9.51. The molecule has 0 radical (unpaired) electrons. The van der Waals surface area contributed by atoms with Gasteiger partial charge < -0.3 is 9.66 Å². The van der Waals surface area contributed by atoms with E-state index in [4.69, 9.17) is 0 Å². The van der Waals surface area contributed by atoms with Crippen LogP contribution in [0.5, 0.6) is 0 Å². The summed E-state index contributed by atoms with van der Waals surface area (Å²) in [5.74, 6) is 0. The van der Waals surface area contributed by atoms with E-state index in [1.54, 1.807) is 0 Å². The zero-order valence-corrected chi connectivity index (χ0v) is 18.0. The van der Waals surface area contributed by atoms with Crippen LogP contribution < -0.4 is 51.4 Å². The van der Waals surface area contributed by atoms with E-state index in [1.807, 2.05) is 6.92 Å². The summed E-state index contributed by atoms with van der Waals surface area (Å²) in [6, 6.07) is 0. The van der Waals surface area contributed by atoms with Crippen molar-refractivity contribution >= 4 is 10.1 Å². The fourth-order valence-corrected chi connectivity index (χ4v) is 3.31. The Balaban J connectivity index is 0. The van der Waals surface area contributed by atoms with Crippen molar-refractivity contribution in [2.45, 2.75) is 95.8 Å². The Morgan fingerprint density at radius 1 is 0.857 bits per heavy atom. The molecule has 0 spiro atoms. The van der Waals surface area contributed by atoms with E-state index in [9.17, 15) is 18.1 Å². The largest absolute Gasteiger partial charge is 1.00 e. The van der Waals surface area contributed by atoms with Gasteiger partial charge in [0, 0.05) is 5.25 Å². The second-order valence-corrected chi connectivity index (χ2v) is 7.34. The minimum atomic E-state index is -4.19. The molecule has 0 aromatic rings. The maximum absolute atomic E-state index is 11.1. The third kappa shape index (κ3) is 14.8. The number of aliphatic hydroxyl groups is 1. The van der Waals surface area contributed by atoms with Gasteiger partial charge in [0.05, 0.1) is 16.2 Å². The molecule has 2 atom stereocenters. The minimum Gasteiger partial charge on any atom is -0.748 e. The van der Waals surface area contributed by atoms with Crippen LogP contribution in [0.4, 0.5) is 0 Å². The first-order chi connectivity index (χ1) is 9.41. The summed E-state index contributed by atoms with van der Waals surface area (Å²) < 4.78 is 33.4. The second kappa shape index (κ2) is 15.1. The van der Waals surface area contributed by atoms with Crippen LogP contribution in [0.2, 0.25) is 0 Å². The molecule has 1 N–H and O–H groups in total. The van der Waals surface area contributed by atoms with Crippen molar-refractivity contribution in [1.29, 1.82) is 0 Å². The summed E-state index contributed by atoms with van der Waals surface area (Å²) in [6.45, 7) is 4.13. The van der Waals surface area contributed by atoms with E-state index >= 15 is 0 Å². The molecular formula is C15H31KO4S. The van der Waals surface area contributed by atoms with Gasteiger partial charge in [-0.2, -0.15) is 0 Å². The molecule has 0 aliphatic carbocycles. The Kier molecular flexibility index (Phi) is 17.8. The van der Waals surface area contributed by atoms with Gasteiger partial charge in [0.25, 0.3) is 0 Å². The van der Waals surface area contributed by atoms with Crippen molar-refractivity contribution in [3.05, 3.63) is 0 Å². The molecule has 122 valence electrons. The van der Waals surface area contributed by atoms with Gasteiger partial charge in [-0.25, -0.2) is 8.42 Å². The Labute approximate surface area is 173 Å². The van der Waals surface area contributed by atoms with Crippen molar-refractivity contribution < 1.29 is 69.5 Å². The second-order valence-electron chi connectivity index (χ2n) is 5.69. The smallest absolute Gasteiger partial charge is 0.748 e. The SMILES string of the molecule is CCCCCCC(O)CCCC(CCCC)S(=O)(=O)[O-].[K+]. The monoisotopic (exact) mass is 346 g/mol. The molecule has 0 heterocycles. The van der Waals surface area contributed by atoms with Crippen LogP contribution in [0.3, 0.4) is 0 Å². The fraction of sp³-hybridized carbons (Fsp3) is 1.00. The van der Waals surface area contributed by atoms with E-state index in [0.29, 0.717) is 25.7 Å². The number of aliphatic hydroxyl groups excluding tert-OH is 1. The molecule has 2 unspecified atom stereocenters. The summed E-state index contributed by atoms with van der Waals surface area (Å²) in [4.78, 5) is 0. The van der Waals surface area contributed by atoms with E-state index in [0.717, 1.165) is 32.1 Å². The van der Waals surface area contributed by atoms with Crippen LogP contribution in [-0.4, -0.2) is 29.4 Å². The maximum atomic E-state index is 11.1. The Hall–Kier alpha value is 1.51. The Morgan fingerprint density at radius 2 is 1.38 bits per heavy atom. The van der Waals surface area contributed by atoms with Gasteiger partial charge >= 0.3 is 51.4 Å². The third-order valence-electron chi connectivity index (χ3n) is 3.74. The van der Waals surface area contributed by atoms with Gasteiger partial charge in [-0.3, -0.25) is 0 Å². The number of hydrogen-bond acceptors (Lipinski definition) is 4. The molecule has 0 aromatic carbocycles. The van der Waals surface area contributed by atoms with E-state index in [-0.39, 0.29) is 57.5 Å². The molecule has 0 saturated carbocycles. The van der Waals surface area contributed by atoms with Crippen molar-refractivity contribution in [1.82, 2.24) is 0 Å². The van der Waals surface area contributed by atoms with Crippen molar-refractivity contribution in [3.8, 4) is 0 Å². The average Bonchev–Trinajstić information content (AvgIpc) is 2.37. The molecule has 4 nitrogen and oxygen atoms in total. The minimum absolute atomic E-state index is 0. The first kappa shape index (κ1) is 24.8. The topological polar surface area (TPSA) is 77.4 Å². The van der Waals surface area contributed by atoms with E-state index in [1.165, 1.54) is 12.8 Å². The summed E-state index contributed by atoms with van der Waals surface area (Å²) in [7, 11) is -4.19. The van der Waals surface area contributed by atoms with Gasteiger partial charge in [-0.15, -0.1) is 0 Å². The van der Waals surface area contributed by atoms with Crippen LogP contribution in [0.15, 0.2) is 0 Å². The molecule has 0 bridgehead atoms. The fourth-order valence-electron chi connectivity index (χ4n) is 2.40. The molecule has 0 aromatic heterocycles. The van der Waals surface area contributed by atoms with Crippen LogP contribution in [-0.2, 0) is 10.1 Å². The maximum Gasteiger partial charge on any atom is 1.00 e. The van der Waals surface area contributed by atoms with Gasteiger partial charge in [0.2, 0.25) is 0 Å². The van der Waals surface area contributed by atoms with Gasteiger partial charge in [0.15, 0.2) is 0 Å². The number of rotatable bonds is 13. The number of unbranched alkanes of at least 4 members (excludes halogenated alkanes) is 4. The summed E-state index contributed by atoms with van der Waals surface area (Å²) in [6.07, 6.45) is 8.68. The van der Waals surface area contributed by atoms with Gasteiger partial charge in [-0.1, -0.05) is 52.4 Å². The number of hydrogen-bond donors (Lipinski definition) is 1. The molecule has 0 aliphatic rings. The quantitative estimate of drug-likeness (QED) is 0.301. The van der Waals surface area contributed by atoms with Crippen LogP contribution >= 0.6 is 0 Å². The first-order valence-electron chi connectivity index (χ1n) is 8.04. The summed E-state index contributed by atoms with van der Waals surface area (Å²) in [5.41, 5.74) is 0. The van der Waals surface area contributed by atoms with E-state index in [2.05, 4.69) is 6.92 Å². The molecule has 6 heteroatoms. The standard InChI is InChI=1S/C15H32O4S.K/c1-3-5-7-8-10-14(16)11-9-13-15(12-6-4-2)20(17,18)19;/h14-16H,3-13H2,1-2H3,(H,17,18,19);/q;+1/p-1. The van der Waals surface area contributed by atoms with Gasteiger partial charge in [0.1, 0.15) is 0 Å². The molecular weight excluding hydrogens is 315 g/mol. The third-order valence-corrected chi connectivity index (χ3v) is 5.03. The van der Waals surface area contributed by atoms with Crippen LogP contribution in [0.25, 0.3) is 0 Å². The molecule has 21 heavy (non-hydrogen) atoms. The van der Waals surface area contributed by atoms with E-state index < -0.39 is 15.4 Å². The van der Waals surface area contributed by atoms with Crippen LogP contribution in [0.1, 0.15) is 84.5 Å². The Bertz CT molecular complexity index is 320. The Morgan fingerprint density at radius 3 is 1.90 bits per heavy atom. The van der Waals surface area contributed by atoms with Crippen molar-refractivity contribution in [3.63, 3.8) is 0 Å². The molecule has 0 rings (SSSR count). The zero-order valence-electron chi connectivity index (χ0n) is 14.0.